The SMILES string of the molecule is CCC1CC2(C)CC(C2)N1C(=O)CC(C)c1c[nH]c2ncc(OC)c(F)c12. The van der Waals surface area contributed by atoms with Gasteiger partial charge in [-0.2, -0.15) is 0 Å². The minimum absolute atomic E-state index is 0.0967. The molecule has 6 heteroatoms. The van der Waals surface area contributed by atoms with E-state index in [1.54, 1.807) is 6.20 Å². The predicted octanol–water partition coefficient (Wildman–Crippen LogP) is 4.38. The predicted molar refractivity (Wildman–Crippen MR) is 102 cm³/mol. The van der Waals surface area contributed by atoms with Crippen LogP contribution in [0.2, 0.25) is 0 Å². The van der Waals surface area contributed by atoms with Gasteiger partial charge in [0.15, 0.2) is 11.6 Å². The fraction of sp³-hybridized carbons (Fsp3) is 0.619. The Hall–Kier alpha value is -2.11. The molecule has 0 radical (unpaired) electrons. The van der Waals surface area contributed by atoms with Gasteiger partial charge in [0.05, 0.1) is 18.7 Å². The van der Waals surface area contributed by atoms with Gasteiger partial charge < -0.3 is 14.6 Å². The summed E-state index contributed by atoms with van der Waals surface area (Å²) < 4.78 is 19.8. The number of ether oxygens (including phenoxy) is 1. The number of amides is 1. The van der Waals surface area contributed by atoms with Crippen molar-refractivity contribution < 1.29 is 13.9 Å². The van der Waals surface area contributed by atoms with E-state index in [1.165, 1.54) is 13.3 Å². The lowest BCUT2D eigenvalue weighted by atomic mass is 9.59. The summed E-state index contributed by atoms with van der Waals surface area (Å²) >= 11 is 0. The van der Waals surface area contributed by atoms with Crippen molar-refractivity contribution in [2.75, 3.05) is 7.11 Å². The highest BCUT2D eigenvalue weighted by molar-refractivity contribution is 5.84. The number of rotatable bonds is 5. The number of methoxy groups -OCH3 is 1. The number of piperidine rings is 2. The highest BCUT2D eigenvalue weighted by Gasteiger charge is 2.52. The molecule has 3 aliphatic rings. The first-order valence-electron chi connectivity index (χ1n) is 9.87. The first kappa shape index (κ1) is 18.3. The zero-order chi connectivity index (χ0) is 19.3. The topological polar surface area (TPSA) is 58.2 Å². The Labute approximate surface area is 159 Å². The third-order valence-corrected chi connectivity index (χ3v) is 6.60. The molecule has 2 aliphatic heterocycles. The third-order valence-electron chi connectivity index (χ3n) is 6.60. The molecule has 1 N–H and O–H groups in total. The van der Waals surface area contributed by atoms with Crippen molar-refractivity contribution in [2.24, 2.45) is 5.41 Å². The van der Waals surface area contributed by atoms with Crippen molar-refractivity contribution in [3.8, 4) is 5.75 Å². The Bertz CT molecular complexity index is 872. The van der Waals surface area contributed by atoms with Crippen LogP contribution in [0.4, 0.5) is 4.39 Å². The molecule has 1 amide bonds. The molecule has 1 saturated carbocycles. The molecule has 27 heavy (non-hydrogen) atoms. The summed E-state index contributed by atoms with van der Waals surface area (Å²) in [5.41, 5.74) is 1.70. The van der Waals surface area contributed by atoms with E-state index in [-0.39, 0.29) is 17.6 Å². The molecule has 4 heterocycles. The molecule has 3 fully saturated rings. The van der Waals surface area contributed by atoms with Crippen LogP contribution >= 0.6 is 0 Å². The number of aromatic amines is 1. The van der Waals surface area contributed by atoms with E-state index < -0.39 is 5.82 Å². The van der Waals surface area contributed by atoms with Crippen molar-refractivity contribution in [1.29, 1.82) is 0 Å². The molecule has 5 rings (SSSR count). The Morgan fingerprint density at radius 3 is 2.89 bits per heavy atom. The first-order valence-corrected chi connectivity index (χ1v) is 9.87. The van der Waals surface area contributed by atoms with E-state index >= 15 is 0 Å². The van der Waals surface area contributed by atoms with Gasteiger partial charge in [0.1, 0.15) is 5.65 Å². The lowest BCUT2D eigenvalue weighted by molar-refractivity contribution is -0.155. The largest absolute Gasteiger partial charge is 0.492 e. The van der Waals surface area contributed by atoms with Crippen molar-refractivity contribution in [1.82, 2.24) is 14.9 Å². The number of hydrogen-bond acceptors (Lipinski definition) is 3. The van der Waals surface area contributed by atoms with Crippen LogP contribution < -0.4 is 4.74 Å². The number of carbonyl (C=O) groups is 1. The Balaban J connectivity index is 1.56. The van der Waals surface area contributed by atoms with Crippen LogP contribution in [0.1, 0.15) is 64.4 Å². The average Bonchev–Trinajstić information content (AvgIpc) is 3.05. The molecule has 2 aromatic heterocycles. The molecule has 2 saturated heterocycles. The maximum atomic E-state index is 14.8. The highest BCUT2D eigenvalue weighted by Crippen LogP contribution is 2.53. The van der Waals surface area contributed by atoms with E-state index in [4.69, 9.17) is 4.74 Å². The normalized spacial score (nSPS) is 28.1. The molecule has 2 bridgehead atoms. The number of halogens is 1. The second kappa shape index (κ2) is 6.50. The van der Waals surface area contributed by atoms with E-state index in [0.717, 1.165) is 31.2 Å². The molecule has 5 nitrogen and oxygen atoms in total. The van der Waals surface area contributed by atoms with E-state index in [0.29, 0.717) is 35.0 Å². The standard InChI is InChI=1S/C21H28FN3O2/c1-5-13-7-21(3)8-14(9-21)25(13)17(26)6-12(2)15-10-23-20-18(15)19(22)16(27-4)11-24-20/h10-14H,5-9H2,1-4H3,(H,23,24). The van der Waals surface area contributed by atoms with Crippen molar-refractivity contribution in [3.05, 3.63) is 23.8 Å². The van der Waals surface area contributed by atoms with E-state index in [2.05, 4.69) is 28.7 Å². The molecule has 146 valence electrons. The molecule has 0 spiro atoms. The van der Waals surface area contributed by atoms with Crippen LogP contribution in [0.15, 0.2) is 12.4 Å². The minimum atomic E-state index is -0.419. The van der Waals surface area contributed by atoms with Gasteiger partial charge in [0, 0.05) is 24.7 Å². The molecule has 2 unspecified atom stereocenters. The van der Waals surface area contributed by atoms with Crippen LogP contribution in [0, 0.1) is 11.2 Å². The first-order chi connectivity index (χ1) is 12.9. The summed E-state index contributed by atoms with van der Waals surface area (Å²) in [7, 11) is 1.43. The zero-order valence-electron chi connectivity index (χ0n) is 16.5. The Kier molecular flexibility index (Phi) is 4.40. The summed E-state index contributed by atoms with van der Waals surface area (Å²) in [5.74, 6) is -0.206. The number of pyridine rings is 1. The molecule has 2 aromatic rings. The fourth-order valence-electron chi connectivity index (χ4n) is 5.23. The quantitative estimate of drug-likeness (QED) is 0.846. The van der Waals surface area contributed by atoms with Gasteiger partial charge in [-0.1, -0.05) is 20.8 Å². The summed E-state index contributed by atoms with van der Waals surface area (Å²) in [4.78, 5) is 22.5. The monoisotopic (exact) mass is 373 g/mol. The number of aromatic nitrogens is 2. The van der Waals surface area contributed by atoms with Gasteiger partial charge in [-0.25, -0.2) is 9.37 Å². The number of carbonyl (C=O) groups excluding carboxylic acids is 1. The second-order valence-electron chi connectivity index (χ2n) is 8.65. The van der Waals surface area contributed by atoms with Crippen LogP contribution in [0.5, 0.6) is 5.75 Å². The Morgan fingerprint density at radius 2 is 2.22 bits per heavy atom. The highest BCUT2D eigenvalue weighted by atomic mass is 19.1. The van der Waals surface area contributed by atoms with Crippen LogP contribution in [-0.2, 0) is 4.79 Å². The van der Waals surface area contributed by atoms with E-state index in [9.17, 15) is 9.18 Å². The van der Waals surface area contributed by atoms with Gasteiger partial charge in [-0.05, 0) is 42.6 Å². The smallest absolute Gasteiger partial charge is 0.223 e. The number of hydrogen-bond donors (Lipinski definition) is 1. The third kappa shape index (κ3) is 2.89. The number of nitrogens with one attached hydrogen (secondary N) is 1. The van der Waals surface area contributed by atoms with Gasteiger partial charge >= 0.3 is 0 Å². The lowest BCUT2D eigenvalue weighted by Crippen LogP contribution is -2.62. The van der Waals surface area contributed by atoms with Gasteiger partial charge in [0.25, 0.3) is 0 Å². The minimum Gasteiger partial charge on any atom is -0.492 e. The second-order valence-corrected chi connectivity index (χ2v) is 8.65. The van der Waals surface area contributed by atoms with Crippen LogP contribution in [-0.4, -0.2) is 40.0 Å². The van der Waals surface area contributed by atoms with Crippen molar-refractivity contribution in [3.63, 3.8) is 0 Å². The summed E-state index contributed by atoms with van der Waals surface area (Å²) in [6.45, 7) is 6.48. The van der Waals surface area contributed by atoms with Gasteiger partial charge in [0.2, 0.25) is 5.91 Å². The number of H-pyrrole nitrogens is 1. The van der Waals surface area contributed by atoms with E-state index in [1.807, 2.05) is 6.92 Å². The molecule has 2 atom stereocenters. The van der Waals surface area contributed by atoms with Crippen molar-refractivity contribution >= 4 is 16.9 Å². The molecule has 1 aliphatic carbocycles. The number of nitrogens with zero attached hydrogens (tertiary/aromatic N) is 2. The summed E-state index contributed by atoms with van der Waals surface area (Å²) in [5, 5.41) is 0.427. The fourth-order valence-corrected chi connectivity index (χ4v) is 5.23. The van der Waals surface area contributed by atoms with Crippen molar-refractivity contribution in [2.45, 2.75) is 70.9 Å². The number of fused-ring (bicyclic) bond motifs is 3. The van der Waals surface area contributed by atoms with Crippen LogP contribution in [0.3, 0.4) is 0 Å². The Morgan fingerprint density at radius 1 is 1.48 bits per heavy atom. The molecular formula is C21H28FN3O2. The maximum absolute atomic E-state index is 14.8. The summed E-state index contributed by atoms with van der Waals surface area (Å²) in [6.07, 6.45) is 7.86. The van der Waals surface area contributed by atoms with Gasteiger partial charge in [-0.3, -0.25) is 4.79 Å². The zero-order valence-corrected chi connectivity index (χ0v) is 16.5. The maximum Gasteiger partial charge on any atom is 0.223 e. The molecular weight excluding hydrogens is 345 g/mol. The van der Waals surface area contributed by atoms with Crippen LogP contribution in [0.25, 0.3) is 11.0 Å². The average molecular weight is 373 g/mol. The lowest BCUT2D eigenvalue weighted by Gasteiger charge is -2.60. The molecule has 0 aromatic carbocycles. The summed E-state index contributed by atoms with van der Waals surface area (Å²) in [6, 6.07) is 0.721. The van der Waals surface area contributed by atoms with Gasteiger partial charge in [-0.15, -0.1) is 0 Å².